The Balaban J connectivity index is 2.40. The van der Waals surface area contributed by atoms with Gasteiger partial charge in [0.05, 0.1) is 0 Å². The second-order valence-electron chi connectivity index (χ2n) is 3.05. The summed E-state index contributed by atoms with van der Waals surface area (Å²) < 4.78 is 4.78. The first-order valence-electron chi connectivity index (χ1n) is 4.26. The van der Waals surface area contributed by atoms with Gasteiger partial charge in [0.2, 0.25) is 0 Å². The van der Waals surface area contributed by atoms with Gasteiger partial charge in [-0.3, -0.25) is 9.59 Å². The van der Waals surface area contributed by atoms with Gasteiger partial charge in [-0.15, -0.1) is 6.58 Å². The van der Waals surface area contributed by atoms with E-state index in [1.165, 1.54) is 0 Å². The summed E-state index contributed by atoms with van der Waals surface area (Å²) in [6, 6.07) is -0.0909. The summed E-state index contributed by atoms with van der Waals surface area (Å²) in [5.41, 5.74) is 0. The number of carbonyl (C=O) groups is 2. The molecule has 1 heterocycles. The zero-order valence-corrected chi connectivity index (χ0v) is 7.58. The van der Waals surface area contributed by atoms with E-state index in [1.54, 1.807) is 6.08 Å². The Morgan fingerprint density at radius 1 is 1.85 bits per heavy atom. The maximum Gasteiger partial charge on any atom is 0.306 e. The lowest BCUT2D eigenvalue weighted by atomic mass is 10.2. The van der Waals surface area contributed by atoms with Crippen molar-refractivity contribution >= 4 is 11.9 Å². The second-order valence-corrected chi connectivity index (χ2v) is 3.05. The van der Waals surface area contributed by atoms with Gasteiger partial charge in [-0.1, -0.05) is 6.08 Å². The van der Waals surface area contributed by atoms with Crippen molar-refractivity contribution in [3.63, 3.8) is 0 Å². The fourth-order valence-electron chi connectivity index (χ4n) is 1.09. The molecule has 1 aliphatic heterocycles. The maximum atomic E-state index is 11.3. The molecule has 2 unspecified atom stereocenters. The number of ether oxygens (including phenoxy) is 1. The smallest absolute Gasteiger partial charge is 0.306 e. The van der Waals surface area contributed by atoms with Crippen LogP contribution in [0.4, 0.5) is 0 Å². The summed E-state index contributed by atoms with van der Waals surface area (Å²) in [5, 5.41) is 2.66. The molecular weight excluding hydrogens is 170 g/mol. The zero-order chi connectivity index (χ0) is 9.84. The van der Waals surface area contributed by atoms with Gasteiger partial charge in [0.25, 0.3) is 5.91 Å². The summed E-state index contributed by atoms with van der Waals surface area (Å²) in [5.74, 6) is -0.537. The summed E-state index contributed by atoms with van der Waals surface area (Å²) in [6.07, 6.45) is 1.83. The van der Waals surface area contributed by atoms with Crippen LogP contribution >= 0.6 is 0 Å². The molecule has 0 aromatic carbocycles. The van der Waals surface area contributed by atoms with Gasteiger partial charge in [0.15, 0.2) is 6.10 Å². The third-order valence-electron chi connectivity index (χ3n) is 1.90. The average molecular weight is 183 g/mol. The molecule has 0 aromatic heterocycles. The predicted octanol–water partition coefficient (Wildman–Crippen LogP) is 0.383. The molecule has 0 bridgehead atoms. The largest absolute Gasteiger partial charge is 0.452 e. The number of hydrogen-bond acceptors (Lipinski definition) is 3. The van der Waals surface area contributed by atoms with E-state index in [0.717, 1.165) is 0 Å². The SMILES string of the molecule is C=CC(C)NC(=O)C1CCC(=O)O1. The predicted molar refractivity (Wildman–Crippen MR) is 46.9 cm³/mol. The molecule has 0 spiro atoms. The number of esters is 1. The molecule has 1 rings (SSSR count). The van der Waals surface area contributed by atoms with Crippen LogP contribution in [0.2, 0.25) is 0 Å². The van der Waals surface area contributed by atoms with Crippen molar-refractivity contribution < 1.29 is 14.3 Å². The van der Waals surface area contributed by atoms with Gasteiger partial charge in [0, 0.05) is 18.9 Å². The van der Waals surface area contributed by atoms with E-state index in [1.807, 2.05) is 6.92 Å². The number of amides is 1. The van der Waals surface area contributed by atoms with Gasteiger partial charge in [-0.2, -0.15) is 0 Å². The van der Waals surface area contributed by atoms with Gasteiger partial charge in [0.1, 0.15) is 0 Å². The first-order valence-corrected chi connectivity index (χ1v) is 4.26. The van der Waals surface area contributed by atoms with Crippen molar-refractivity contribution in [2.45, 2.75) is 31.9 Å². The van der Waals surface area contributed by atoms with E-state index in [-0.39, 0.29) is 17.9 Å². The minimum Gasteiger partial charge on any atom is -0.452 e. The summed E-state index contributed by atoms with van der Waals surface area (Å²) in [6.45, 7) is 5.34. The Morgan fingerprint density at radius 3 is 3.00 bits per heavy atom. The van der Waals surface area contributed by atoms with Crippen LogP contribution in [0.5, 0.6) is 0 Å². The molecule has 1 fully saturated rings. The van der Waals surface area contributed by atoms with E-state index >= 15 is 0 Å². The molecule has 1 amide bonds. The lowest BCUT2D eigenvalue weighted by Gasteiger charge is -2.12. The topological polar surface area (TPSA) is 55.4 Å². The second kappa shape index (κ2) is 4.07. The average Bonchev–Trinajstić information content (AvgIpc) is 2.51. The molecule has 0 saturated carbocycles. The first-order chi connectivity index (χ1) is 6.13. The fourth-order valence-corrected chi connectivity index (χ4v) is 1.09. The Labute approximate surface area is 76.9 Å². The normalized spacial score (nSPS) is 23.5. The lowest BCUT2D eigenvalue weighted by molar-refractivity contribution is -0.148. The minimum absolute atomic E-state index is 0.0909. The molecule has 2 atom stereocenters. The summed E-state index contributed by atoms with van der Waals surface area (Å²) in [4.78, 5) is 22.0. The number of cyclic esters (lactones) is 1. The zero-order valence-electron chi connectivity index (χ0n) is 7.58. The molecule has 1 N–H and O–H groups in total. The molecule has 0 aliphatic carbocycles. The van der Waals surface area contributed by atoms with Crippen molar-refractivity contribution in [3.8, 4) is 0 Å². The monoisotopic (exact) mass is 183 g/mol. The molecule has 0 radical (unpaired) electrons. The highest BCUT2D eigenvalue weighted by Crippen LogP contribution is 2.13. The van der Waals surface area contributed by atoms with E-state index < -0.39 is 6.10 Å². The number of nitrogens with one attached hydrogen (secondary N) is 1. The van der Waals surface area contributed by atoms with E-state index in [2.05, 4.69) is 11.9 Å². The molecular formula is C9H13NO3. The molecule has 1 aliphatic rings. The van der Waals surface area contributed by atoms with E-state index in [4.69, 9.17) is 4.74 Å². The highest BCUT2D eigenvalue weighted by atomic mass is 16.6. The van der Waals surface area contributed by atoms with Crippen molar-refractivity contribution in [1.82, 2.24) is 5.32 Å². The van der Waals surface area contributed by atoms with Crippen LogP contribution in [0.3, 0.4) is 0 Å². The van der Waals surface area contributed by atoms with Crippen LogP contribution in [0.25, 0.3) is 0 Å². The van der Waals surface area contributed by atoms with E-state index in [0.29, 0.717) is 12.8 Å². The molecule has 4 nitrogen and oxygen atoms in total. The molecule has 13 heavy (non-hydrogen) atoms. The van der Waals surface area contributed by atoms with Crippen LogP contribution in [-0.2, 0) is 14.3 Å². The Morgan fingerprint density at radius 2 is 2.54 bits per heavy atom. The highest BCUT2D eigenvalue weighted by Gasteiger charge is 2.29. The number of hydrogen-bond donors (Lipinski definition) is 1. The quantitative estimate of drug-likeness (QED) is 0.508. The molecule has 72 valence electrons. The summed E-state index contributed by atoms with van der Waals surface area (Å²) >= 11 is 0. The van der Waals surface area contributed by atoms with Crippen LogP contribution < -0.4 is 5.32 Å². The van der Waals surface area contributed by atoms with Gasteiger partial charge >= 0.3 is 5.97 Å². The van der Waals surface area contributed by atoms with Gasteiger partial charge in [-0.25, -0.2) is 0 Å². The van der Waals surface area contributed by atoms with Crippen LogP contribution in [0, 0.1) is 0 Å². The van der Waals surface area contributed by atoms with Crippen LogP contribution in [0.1, 0.15) is 19.8 Å². The Hall–Kier alpha value is -1.32. The minimum atomic E-state index is -0.602. The van der Waals surface area contributed by atoms with Crippen molar-refractivity contribution in [1.29, 1.82) is 0 Å². The highest BCUT2D eigenvalue weighted by molar-refractivity contribution is 5.86. The third kappa shape index (κ3) is 2.57. The molecule has 0 aromatic rings. The van der Waals surface area contributed by atoms with Crippen LogP contribution in [0.15, 0.2) is 12.7 Å². The number of carbonyl (C=O) groups excluding carboxylic acids is 2. The maximum absolute atomic E-state index is 11.3. The Bertz CT molecular complexity index is 237. The third-order valence-corrected chi connectivity index (χ3v) is 1.90. The van der Waals surface area contributed by atoms with Crippen LogP contribution in [-0.4, -0.2) is 24.0 Å². The number of rotatable bonds is 3. The van der Waals surface area contributed by atoms with Gasteiger partial charge < -0.3 is 10.1 Å². The standard InChI is InChI=1S/C9H13NO3/c1-3-6(2)10-9(12)7-4-5-8(11)13-7/h3,6-7H,1,4-5H2,2H3,(H,10,12). The fraction of sp³-hybridized carbons (Fsp3) is 0.556. The molecule has 4 heteroatoms. The lowest BCUT2D eigenvalue weighted by Crippen LogP contribution is -2.38. The Kier molecular flexibility index (Phi) is 3.06. The van der Waals surface area contributed by atoms with Crippen molar-refractivity contribution in [2.75, 3.05) is 0 Å². The van der Waals surface area contributed by atoms with Crippen molar-refractivity contribution in [2.24, 2.45) is 0 Å². The van der Waals surface area contributed by atoms with Crippen molar-refractivity contribution in [3.05, 3.63) is 12.7 Å². The molecule has 1 saturated heterocycles. The first kappa shape index (κ1) is 9.77. The summed E-state index contributed by atoms with van der Waals surface area (Å²) in [7, 11) is 0. The van der Waals surface area contributed by atoms with E-state index in [9.17, 15) is 9.59 Å². The van der Waals surface area contributed by atoms with Gasteiger partial charge in [-0.05, 0) is 6.92 Å².